The van der Waals surface area contributed by atoms with Gasteiger partial charge >= 0.3 is 0 Å². The van der Waals surface area contributed by atoms with Crippen molar-refractivity contribution in [3.63, 3.8) is 0 Å². The first-order valence-electron chi connectivity index (χ1n) is 7.85. The van der Waals surface area contributed by atoms with Gasteiger partial charge in [0.25, 0.3) is 0 Å². The fourth-order valence-corrected chi connectivity index (χ4v) is 3.65. The third kappa shape index (κ3) is 4.74. The monoisotopic (exact) mass is 392 g/mol. The Hall–Kier alpha value is -2.12. The SMILES string of the molecule is C=CCN(CC=C)c1ccc(C(O)c2ccc(Cl)c(S(N)(=O)=O)c2)cc1. The summed E-state index contributed by atoms with van der Waals surface area (Å²) < 4.78 is 23.2. The first-order chi connectivity index (χ1) is 12.3. The Kier molecular flexibility index (Phi) is 6.61. The predicted molar refractivity (Wildman–Crippen MR) is 106 cm³/mol. The van der Waals surface area contributed by atoms with E-state index in [1.54, 1.807) is 30.4 Å². The fraction of sp³-hybridized carbons (Fsp3) is 0.158. The normalized spacial score (nSPS) is 12.4. The number of benzene rings is 2. The molecule has 0 aliphatic rings. The third-order valence-electron chi connectivity index (χ3n) is 3.85. The molecule has 2 aromatic carbocycles. The van der Waals surface area contributed by atoms with E-state index in [0.29, 0.717) is 24.2 Å². The van der Waals surface area contributed by atoms with Crippen LogP contribution in [0, 0.1) is 0 Å². The van der Waals surface area contributed by atoms with Crippen LogP contribution in [0.5, 0.6) is 0 Å². The van der Waals surface area contributed by atoms with Gasteiger partial charge in [0.2, 0.25) is 10.0 Å². The van der Waals surface area contributed by atoms with E-state index >= 15 is 0 Å². The molecule has 3 N–H and O–H groups in total. The number of aliphatic hydroxyl groups excluding tert-OH is 1. The van der Waals surface area contributed by atoms with Gasteiger partial charge in [-0.05, 0) is 35.4 Å². The Balaban J connectivity index is 2.32. The molecule has 26 heavy (non-hydrogen) atoms. The van der Waals surface area contributed by atoms with Crippen molar-refractivity contribution in [3.05, 3.63) is 83.9 Å². The lowest BCUT2D eigenvalue weighted by Crippen LogP contribution is -2.22. The zero-order valence-electron chi connectivity index (χ0n) is 14.2. The van der Waals surface area contributed by atoms with Gasteiger partial charge in [-0.25, -0.2) is 13.6 Å². The minimum atomic E-state index is -3.97. The van der Waals surface area contributed by atoms with Crippen LogP contribution in [0.3, 0.4) is 0 Å². The molecule has 0 aliphatic heterocycles. The van der Waals surface area contributed by atoms with E-state index in [2.05, 4.69) is 18.1 Å². The molecule has 0 bridgehead atoms. The summed E-state index contributed by atoms with van der Waals surface area (Å²) in [5.41, 5.74) is 1.97. The van der Waals surface area contributed by atoms with Crippen LogP contribution in [-0.2, 0) is 10.0 Å². The number of hydrogen-bond donors (Lipinski definition) is 2. The van der Waals surface area contributed by atoms with Crippen molar-refractivity contribution < 1.29 is 13.5 Å². The summed E-state index contributed by atoms with van der Waals surface area (Å²) in [6, 6.07) is 11.6. The first-order valence-corrected chi connectivity index (χ1v) is 9.77. The molecule has 0 amide bonds. The number of nitrogens with zero attached hydrogens (tertiary/aromatic N) is 1. The Morgan fingerprint density at radius 3 is 2.12 bits per heavy atom. The van der Waals surface area contributed by atoms with Crippen molar-refractivity contribution in [3.8, 4) is 0 Å². The molecule has 1 unspecified atom stereocenters. The van der Waals surface area contributed by atoms with Crippen LogP contribution in [-0.4, -0.2) is 26.6 Å². The summed E-state index contributed by atoms with van der Waals surface area (Å²) in [5.74, 6) is 0. The lowest BCUT2D eigenvalue weighted by Gasteiger charge is -2.22. The summed E-state index contributed by atoms with van der Waals surface area (Å²) in [5, 5.41) is 15.8. The second-order valence-electron chi connectivity index (χ2n) is 5.71. The lowest BCUT2D eigenvalue weighted by atomic mass is 10.0. The van der Waals surface area contributed by atoms with Gasteiger partial charge in [-0.15, -0.1) is 13.2 Å². The number of anilines is 1. The Morgan fingerprint density at radius 1 is 1.08 bits per heavy atom. The molecule has 1 atom stereocenters. The van der Waals surface area contributed by atoms with E-state index in [0.717, 1.165) is 5.69 Å². The minimum Gasteiger partial charge on any atom is -0.384 e. The summed E-state index contributed by atoms with van der Waals surface area (Å²) >= 11 is 5.88. The molecule has 0 saturated heterocycles. The van der Waals surface area contributed by atoms with Gasteiger partial charge in [-0.1, -0.05) is 42.0 Å². The highest BCUT2D eigenvalue weighted by Gasteiger charge is 2.18. The number of halogens is 1. The number of rotatable bonds is 8. The van der Waals surface area contributed by atoms with Crippen LogP contribution in [0.1, 0.15) is 17.2 Å². The highest BCUT2D eigenvalue weighted by atomic mass is 35.5. The maximum atomic E-state index is 11.6. The van der Waals surface area contributed by atoms with Crippen LogP contribution >= 0.6 is 11.6 Å². The van der Waals surface area contributed by atoms with Crippen LogP contribution in [0.15, 0.2) is 72.7 Å². The van der Waals surface area contributed by atoms with Crippen molar-refractivity contribution in [2.45, 2.75) is 11.0 Å². The molecule has 0 fully saturated rings. The van der Waals surface area contributed by atoms with Crippen molar-refractivity contribution in [2.24, 2.45) is 5.14 Å². The molecule has 0 aliphatic carbocycles. The van der Waals surface area contributed by atoms with Gasteiger partial charge in [-0.2, -0.15) is 0 Å². The third-order valence-corrected chi connectivity index (χ3v) is 5.24. The molecule has 2 rings (SSSR count). The van der Waals surface area contributed by atoms with Crippen molar-refractivity contribution in [2.75, 3.05) is 18.0 Å². The topological polar surface area (TPSA) is 83.6 Å². The van der Waals surface area contributed by atoms with Gasteiger partial charge in [0, 0.05) is 18.8 Å². The summed E-state index contributed by atoms with van der Waals surface area (Å²) in [7, 11) is -3.97. The Bertz CT molecular complexity index is 886. The molecular weight excluding hydrogens is 372 g/mol. The van der Waals surface area contributed by atoms with Crippen molar-refractivity contribution in [1.82, 2.24) is 0 Å². The highest BCUT2D eigenvalue weighted by Crippen LogP contribution is 2.29. The van der Waals surface area contributed by atoms with E-state index in [4.69, 9.17) is 16.7 Å². The van der Waals surface area contributed by atoms with Gasteiger partial charge in [0.05, 0.1) is 5.02 Å². The van der Waals surface area contributed by atoms with E-state index in [-0.39, 0.29) is 9.92 Å². The predicted octanol–water partition coefficient (Wildman–Crippen LogP) is 3.25. The lowest BCUT2D eigenvalue weighted by molar-refractivity contribution is 0.220. The molecule has 0 radical (unpaired) electrons. The maximum Gasteiger partial charge on any atom is 0.239 e. The zero-order chi connectivity index (χ0) is 19.3. The Morgan fingerprint density at radius 2 is 1.62 bits per heavy atom. The zero-order valence-corrected chi connectivity index (χ0v) is 15.7. The average molecular weight is 393 g/mol. The standard InChI is InChI=1S/C19H21ClN2O3S/c1-3-11-22(12-4-2)16-8-5-14(6-9-16)19(23)15-7-10-17(20)18(13-15)26(21,24)25/h3-10,13,19,23H,1-2,11-12H2,(H2,21,24,25). The molecule has 5 nitrogen and oxygen atoms in total. The van der Waals surface area contributed by atoms with E-state index in [1.165, 1.54) is 12.1 Å². The van der Waals surface area contributed by atoms with Gasteiger partial charge in [0.15, 0.2) is 0 Å². The highest BCUT2D eigenvalue weighted by molar-refractivity contribution is 7.89. The fourth-order valence-electron chi connectivity index (χ4n) is 2.56. The molecular formula is C19H21ClN2O3S. The average Bonchev–Trinajstić information content (AvgIpc) is 2.60. The summed E-state index contributed by atoms with van der Waals surface area (Å²) in [4.78, 5) is 1.85. The van der Waals surface area contributed by atoms with Crippen molar-refractivity contribution in [1.29, 1.82) is 0 Å². The van der Waals surface area contributed by atoms with Crippen LogP contribution in [0.4, 0.5) is 5.69 Å². The number of hydrogen-bond acceptors (Lipinski definition) is 4. The van der Waals surface area contributed by atoms with Crippen molar-refractivity contribution >= 4 is 27.3 Å². The van der Waals surface area contributed by atoms with E-state index in [9.17, 15) is 13.5 Å². The number of primary sulfonamides is 1. The maximum absolute atomic E-state index is 11.6. The van der Waals surface area contributed by atoms with Crippen LogP contribution < -0.4 is 10.0 Å². The minimum absolute atomic E-state index is 0.0169. The first kappa shape index (κ1) is 20.2. The van der Waals surface area contributed by atoms with Crippen LogP contribution in [0.25, 0.3) is 0 Å². The molecule has 7 heteroatoms. The largest absolute Gasteiger partial charge is 0.384 e. The summed E-state index contributed by atoms with van der Waals surface area (Å²) in [6.07, 6.45) is 2.60. The molecule has 0 aromatic heterocycles. The molecule has 0 saturated carbocycles. The molecule has 0 heterocycles. The molecule has 138 valence electrons. The van der Waals surface area contributed by atoms with Gasteiger partial charge in [-0.3, -0.25) is 0 Å². The van der Waals surface area contributed by atoms with Crippen LogP contribution in [0.2, 0.25) is 5.02 Å². The molecule has 0 spiro atoms. The Labute approximate surface area is 159 Å². The van der Waals surface area contributed by atoms with E-state index in [1.807, 2.05) is 12.1 Å². The number of sulfonamides is 1. The second kappa shape index (κ2) is 8.51. The van der Waals surface area contributed by atoms with E-state index < -0.39 is 16.1 Å². The van der Waals surface area contributed by atoms with Gasteiger partial charge < -0.3 is 10.0 Å². The number of aliphatic hydroxyl groups is 1. The smallest absolute Gasteiger partial charge is 0.239 e. The molecule has 2 aromatic rings. The van der Waals surface area contributed by atoms with Gasteiger partial charge in [0.1, 0.15) is 11.0 Å². The quantitative estimate of drug-likeness (QED) is 0.675. The number of nitrogens with two attached hydrogens (primary N) is 1. The second-order valence-corrected chi connectivity index (χ2v) is 7.65. The summed E-state index contributed by atoms with van der Waals surface area (Å²) in [6.45, 7) is 8.82.